The number of hydrogen-bond donors (Lipinski definition) is 1. The molecule has 1 aromatic carbocycles. The first-order valence-corrected chi connectivity index (χ1v) is 8.47. The van der Waals surface area contributed by atoms with Crippen LogP contribution in [-0.2, 0) is 17.9 Å². The van der Waals surface area contributed by atoms with E-state index in [4.69, 9.17) is 0 Å². The fourth-order valence-corrected chi connectivity index (χ4v) is 2.82. The Morgan fingerprint density at radius 3 is 2.86 bits per heavy atom. The van der Waals surface area contributed by atoms with E-state index in [0.717, 1.165) is 16.2 Å². The summed E-state index contributed by atoms with van der Waals surface area (Å²) in [6, 6.07) is 9.15. The lowest BCUT2D eigenvalue weighted by molar-refractivity contribution is -0.121. The van der Waals surface area contributed by atoms with E-state index in [1.165, 1.54) is 18.5 Å². The van der Waals surface area contributed by atoms with Gasteiger partial charge in [0.25, 0.3) is 5.56 Å². The molecule has 0 unspecified atom stereocenters. The average molecular weight is 378 g/mol. The summed E-state index contributed by atoms with van der Waals surface area (Å²) in [5.74, 6) is -0.306. The molecule has 0 atom stereocenters. The summed E-state index contributed by atoms with van der Waals surface area (Å²) in [6.45, 7) is -0.0120. The van der Waals surface area contributed by atoms with E-state index in [0.29, 0.717) is 11.3 Å². The van der Waals surface area contributed by atoms with Gasteiger partial charge in [-0.05, 0) is 30.3 Å². The normalized spacial score (nSPS) is 10.9. The van der Waals surface area contributed by atoms with Crippen molar-refractivity contribution in [2.24, 2.45) is 0 Å². The molecule has 0 spiro atoms. The summed E-state index contributed by atoms with van der Waals surface area (Å²) < 4.78 is 16.2. The lowest BCUT2D eigenvalue weighted by Gasteiger charge is -2.11. The lowest BCUT2D eigenvalue weighted by atomic mass is 10.2. The van der Waals surface area contributed by atoms with E-state index in [1.54, 1.807) is 35.4 Å². The molecular weight excluding hydrogens is 363 g/mol. The smallest absolute Gasteiger partial charge is 0.261 e. The average Bonchev–Trinajstić information content (AvgIpc) is 3.24. The number of pyridine rings is 1. The maximum atomic E-state index is 13.4. The topological polar surface area (TPSA) is 94.7 Å². The Hall–Kier alpha value is -3.88. The molecule has 1 amide bonds. The van der Waals surface area contributed by atoms with Gasteiger partial charge in [0.05, 0.1) is 17.2 Å². The highest BCUT2D eigenvalue weighted by atomic mass is 19.1. The predicted octanol–water partition coefficient (Wildman–Crippen LogP) is 1.43. The highest BCUT2D eigenvalue weighted by Crippen LogP contribution is 2.10. The number of halogens is 1. The van der Waals surface area contributed by atoms with Crippen LogP contribution in [0.4, 0.5) is 4.39 Å². The van der Waals surface area contributed by atoms with Crippen molar-refractivity contribution >= 4 is 16.8 Å². The van der Waals surface area contributed by atoms with E-state index in [2.05, 4.69) is 20.4 Å². The minimum atomic E-state index is -0.531. The Morgan fingerprint density at radius 1 is 1.14 bits per heavy atom. The number of nitrogens with zero attached hydrogens (tertiary/aromatic N) is 5. The third-order valence-electron chi connectivity index (χ3n) is 4.16. The number of aromatic nitrogens is 5. The lowest BCUT2D eigenvalue weighted by Crippen LogP contribution is -2.32. The molecule has 9 heteroatoms. The molecule has 0 bridgehead atoms. The van der Waals surface area contributed by atoms with Crippen LogP contribution in [0, 0.1) is 5.82 Å². The van der Waals surface area contributed by atoms with E-state index in [9.17, 15) is 14.0 Å². The van der Waals surface area contributed by atoms with E-state index >= 15 is 0 Å². The number of carbonyl (C=O) groups excluding carboxylic acids is 1. The van der Waals surface area contributed by atoms with Gasteiger partial charge in [0.1, 0.15) is 12.4 Å². The Balaban J connectivity index is 1.50. The molecule has 28 heavy (non-hydrogen) atoms. The maximum absolute atomic E-state index is 13.4. The standard InChI is InChI=1S/C19H15FN6O2/c20-14-4-5-16-15(9-14)19(28)25(12-23-16)11-17(27)22-10-13-3-1-6-21-18(13)26-8-2-7-24-26/h1-9,12H,10-11H2,(H,22,27). The SMILES string of the molecule is O=C(Cn1cnc2ccc(F)cc2c1=O)NCc1cccnc1-n1cccn1. The number of nitrogens with one attached hydrogen (secondary N) is 1. The molecule has 0 fully saturated rings. The number of benzene rings is 1. The summed E-state index contributed by atoms with van der Waals surface area (Å²) in [4.78, 5) is 33.2. The van der Waals surface area contributed by atoms with Gasteiger partial charge in [-0.25, -0.2) is 19.0 Å². The van der Waals surface area contributed by atoms with Crippen molar-refractivity contribution in [3.8, 4) is 5.82 Å². The summed E-state index contributed by atoms with van der Waals surface area (Å²) in [5, 5.41) is 7.03. The first kappa shape index (κ1) is 17.5. The Morgan fingerprint density at radius 2 is 2.04 bits per heavy atom. The molecule has 8 nitrogen and oxygen atoms in total. The minimum absolute atomic E-state index is 0.128. The van der Waals surface area contributed by atoms with Crippen molar-refractivity contribution in [2.45, 2.75) is 13.1 Å². The van der Waals surface area contributed by atoms with Crippen LogP contribution in [0.25, 0.3) is 16.7 Å². The van der Waals surface area contributed by atoms with Crippen LogP contribution in [0.1, 0.15) is 5.56 Å². The van der Waals surface area contributed by atoms with Gasteiger partial charge in [-0.15, -0.1) is 0 Å². The molecular formula is C19H15FN6O2. The zero-order chi connectivity index (χ0) is 19.5. The minimum Gasteiger partial charge on any atom is -0.350 e. The van der Waals surface area contributed by atoms with Gasteiger partial charge in [-0.2, -0.15) is 5.10 Å². The van der Waals surface area contributed by atoms with Crippen LogP contribution in [0.2, 0.25) is 0 Å². The van der Waals surface area contributed by atoms with Crippen LogP contribution >= 0.6 is 0 Å². The van der Waals surface area contributed by atoms with Gasteiger partial charge in [-0.3, -0.25) is 14.2 Å². The molecule has 0 radical (unpaired) electrons. The molecule has 0 saturated carbocycles. The third-order valence-corrected chi connectivity index (χ3v) is 4.16. The molecule has 0 aliphatic heterocycles. The number of amides is 1. The second kappa shape index (κ2) is 7.39. The van der Waals surface area contributed by atoms with Gasteiger partial charge in [-0.1, -0.05) is 6.07 Å². The fraction of sp³-hybridized carbons (Fsp3) is 0.105. The molecule has 0 aliphatic carbocycles. The zero-order valence-corrected chi connectivity index (χ0v) is 14.6. The zero-order valence-electron chi connectivity index (χ0n) is 14.6. The highest BCUT2D eigenvalue weighted by molar-refractivity contribution is 5.79. The summed E-state index contributed by atoms with van der Waals surface area (Å²) in [7, 11) is 0. The Kier molecular flexibility index (Phi) is 4.63. The molecule has 3 heterocycles. The molecule has 1 N–H and O–H groups in total. The third kappa shape index (κ3) is 3.50. The summed E-state index contributed by atoms with van der Waals surface area (Å²) in [6.07, 6.45) is 6.31. The van der Waals surface area contributed by atoms with Crippen molar-refractivity contribution in [3.05, 3.63) is 83.1 Å². The largest absolute Gasteiger partial charge is 0.350 e. The van der Waals surface area contributed by atoms with Gasteiger partial charge >= 0.3 is 0 Å². The van der Waals surface area contributed by atoms with Gasteiger partial charge in [0.2, 0.25) is 5.91 Å². The quantitative estimate of drug-likeness (QED) is 0.567. The number of hydrogen-bond acceptors (Lipinski definition) is 5. The molecule has 3 aromatic heterocycles. The van der Waals surface area contributed by atoms with E-state index < -0.39 is 11.4 Å². The van der Waals surface area contributed by atoms with E-state index in [1.807, 2.05) is 6.07 Å². The summed E-state index contributed by atoms with van der Waals surface area (Å²) in [5.41, 5.74) is 0.672. The van der Waals surface area contributed by atoms with Crippen LogP contribution in [-0.4, -0.2) is 30.2 Å². The highest BCUT2D eigenvalue weighted by Gasteiger charge is 2.11. The second-order valence-corrected chi connectivity index (χ2v) is 6.05. The first-order chi connectivity index (χ1) is 13.6. The van der Waals surface area contributed by atoms with E-state index in [-0.39, 0.29) is 24.4 Å². The Bertz CT molecular complexity index is 1200. The second-order valence-electron chi connectivity index (χ2n) is 6.05. The van der Waals surface area contributed by atoms with Crippen molar-refractivity contribution in [1.82, 2.24) is 29.6 Å². The monoisotopic (exact) mass is 378 g/mol. The van der Waals surface area contributed by atoms with Crippen LogP contribution in [0.3, 0.4) is 0 Å². The van der Waals surface area contributed by atoms with Crippen LogP contribution < -0.4 is 10.9 Å². The molecule has 4 rings (SSSR count). The van der Waals surface area contributed by atoms with Crippen LogP contribution in [0.5, 0.6) is 0 Å². The van der Waals surface area contributed by atoms with Crippen molar-refractivity contribution < 1.29 is 9.18 Å². The van der Waals surface area contributed by atoms with Gasteiger partial charge in [0, 0.05) is 30.7 Å². The summed E-state index contributed by atoms with van der Waals surface area (Å²) >= 11 is 0. The Labute approximate surface area is 158 Å². The molecule has 0 saturated heterocycles. The molecule has 140 valence electrons. The maximum Gasteiger partial charge on any atom is 0.261 e. The molecule has 0 aliphatic rings. The first-order valence-electron chi connectivity index (χ1n) is 8.47. The predicted molar refractivity (Wildman–Crippen MR) is 99.2 cm³/mol. The fourth-order valence-electron chi connectivity index (χ4n) is 2.82. The van der Waals surface area contributed by atoms with Gasteiger partial charge < -0.3 is 5.32 Å². The van der Waals surface area contributed by atoms with Crippen LogP contribution in [0.15, 0.2) is 66.1 Å². The van der Waals surface area contributed by atoms with Crippen molar-refractivity contribution in [2.75, 3.05) is 0 Å². The van der Waals surface area contributed by atoms with Gasteiger partial charge in [0.15, 0.2) is 5.82 Å². The molecule has 4 aromatic rings. The number of fused-ring (bicyclic) bond motifs is 1. The number of carbonyl (C=O) groups is 1. The van der Waals surface area contributed by atoms with Crippen molar-refractivity contribution in [1.29, 1.82) is 0 Å². The number of rotatable bonds is 5. The van der Waals surface area contributed by atoms with Crippen molar-refractivity contribution in [3.63, 3.8) is 0 Å².